The van der Waals surface area contributed by atoms with Gasteiger partial charge in [-0.25, -0.2) is 4.79 Å². The maximum Gasteiger partial charge on any atom is 0.332 e. The summed E-state index contributed by atoms with van der Waals surface area (Å²) in [5.41, 5.74) is 9.09. The van der Waals surface area contributed by atoms with E-state index in [2.05, 4.69) is 9.97 Å². The van der Waals surface area contributed by atoms with Crippen LogP contribution in [0.15, 0.2) is 48.5 Å². The van der Waals surface area contributed by atoms with Gasteiger partial charge in [-0.15, -0.1) is 0 Å². The standard InChI is InChI=1S/C29H33N3O5/c1-15(2)25(29(30,17(4)33)28(35)36)24-19-11-7-9-13-22(19)32-27(24)16(3)26-20(14-23(34)37-5)18-10-6-8-12-21(18)31-26/h6-13,15-16,25,31-32H,14,30H2,1-5H3,(H,35,36)/t16?,25?,29-/m0/s1. The summed E-state index contributed by atoms with van der Waals surface area (Å²) in [6, 6.07) is 15.3. The molecule has 4 rings (SSSR count). The van der Waals surface area contributed by atoms with E-state index in [1.54, 1.807) is 0 Å². The second kappa shape index (κ2) is 9.86. The van der Waals surface area contributed by atoms with Crippen LogP contribution in [0.4, 0.5) is 0 Å². The van der Waals surface area contributed by atoms with Crippen LogP contribution in [-0.4, -0.2) is 45.4 Å². The number of carboxylic acids is 1. The van der Waals surface area contributed by atoms with Crippen LogP contribution < -0.4 is 5.73 Å². The van der Waals surface area contributed by atoms with Crippen LogP contribution in [0.1, 0.15) is 62.0 Å². The Morgan fingerprint density at radius 2 is 1.49 bits per heavy atom. The zero-order valence-corrected chi connectivity index (χ0v) is 21.7. The number of ketones is 1. The number of nitrogens with one attached hydrogen (secondary N) is 2. The van der Waals surface area contributed by atoms with Crippen molar-refractivity contribution in [3.05, 3.63) is 71.0 Å². The molecular weight excluding hydrogens is 470 g/mol. The fourth-order valence-electron chi connectivity index (χ4n) is 5.59. The Balaban J connectivity index is 2.02. The first-order valence-corrected chi connectivity index (χ1v) is 12.3. The minimum absolute atomic E-state index is 0.0761. The highest BCUT2D eigenvalue weighted by molar-refractivity contribution is 6.08. The number of ether oxygens (including phenoxy) is 1. The van der Waals surface area contributed by atoms with Crippen molar-refractivity contribution in [1.29, 1.82) is 0 Å². The smallest absolute Gasteiger partial charge is 0.332 e. The third-order valence-electron chi connectivity index (χ3n) is 7.44. The van der Waals surface area contributed by atoms with Crippen molar-refractivity contribution in [2.45, 2.75) is 51.5 Å². The number of nitrogens with two attached hydrogens (primary N) is 1. The highest BCUT2D eigenvalue weighted by Gasteiger charge is 2.50. The van der Waals surface area contributed by atoms with E-state index in [0.29, 0.717) is 5.56 Å². The molecule has 4 aromatic rings. The molecule has 8 heteroatoms. The molecule has 2 aromatic carbocycles. The Hall–Kier alpha value is -3.91. The molecule has 2 unspecified atom stereocenters. The highest BCUT2D eigenvalue weighted by Crippen LogP contribution is 2.44. The summed E-state index contributed by atoms with van der Waals surface area (Å²) in [4.78, 5) is 44.6. The first-order valence-electron chi connectivity index (χ1n) is 12.3. The molecule has 5 N–H and O–H groups in total. The molecule has 0 radical (unpaired) electrons. The number of aromatic nitrogens is 2. The van der Waals surface area contributed by atoms with Crippen molar-refractivity contribution >= 4 is 39.5 Å². The lowest BCUT2D eigenvalue weighted by molar-refractivity contribution is -0.149. The number of carboxylic acid groups (broad SMARTS) is 1. The summed E-state index contributed by atoms with van der Waals surface area (Å²) in [5.74, 6) is -3.74. The number of benzene rings is 2. The number of Topliss-reactive ketones (excluding diaryl/α,β-unsaturated/α-hetero) is 1. The molecule has 194 valence electrons. The number of fused-ring (bicyclic) bond motifs is 2. The average molecular weight is 504 g/mol. The van der Waals surface area contributed by atoms with Gasteiger partial charge >= 0.3 is 11.9 Å². The normalized spacial score (nSPS) is 15.0. The molecule has 0 fully saturated rings. The molecule has 2 heterocycles. The van der Waals surface area contributed by atoms with Crippen LogP contribution >= 0.6 is 0 Å². The number of aromatic amines is 2. The van der Waals surface area contributed by atoms with Gasteiger partial charge in [-0.1, -0.05) is 57.2 Å². The lowest BCUT2D eigenvalue weighted by atomic mass is 9.69. The van der Waals surface area contributed by atoms with Crippen LogP contribution in [0.3, 0.4) is 0 Å². The zero-order valence-electron chi connectivity index (χ0n) is 21.7. The van der Waals surface area contributed by atoms with Gasteiger partial charge in [0.1, 0.15) is 0 Å². The van der Waals surface area contributed by atoms with E-state index >= 15 is 0 Å². The predicted molar refractivity (Wildman–Crippen MR) is 143 cm³/mol. The molecular formula is C29H33N3O5. The van der Waals surface area contributed by atoms with Crippen LogP contribution in [-0.2, 0) is 25.5 Å². The summed E-state index contributed by atoms with van der Waals surface area (Å²) in [5, 5.41) is 11.9. The number of hydrogen-bond donors (Lipinski definition) is 4. The van der Waals surface area contributed by atoms with Crippen LogP contribution in [0.25, 0.3) is 21.8 Å². The SMILES string of the molecule is COC(=O)Cc1c(C(C)c2[nH]c3ccccc3c2C(C(C)C)[C@@](N)(C(C)=O)C(=O)O)[nH]c2ccccc12. The Morgan fingerprint density at radius 3 is 2.03 bits per heavy atom. The maximum atomic E-state index is 12.8. The third kappa shape index (κ3) is 4.31. The number of esters is 1. The van der Waals surface area contributed by atoms with E-state index in [4.69, 9.17) is 10.5 Å². The molecule has 0 aliphatic rings. The molecule has 0 aliphatic heterocycles. The summed E-state index contributed by atoms with van der Waals surface area (Å²) in [7, 11) is 1.36. The molecule has 0 bridgehead atoms. The number of aliphatic carboxylic acids is 1. The second-order valence-corrected chi connectivity index (χ2v) is 9.99. The van der Waals surface area contributed by atoms with Gasteiger partial charge in [0.25, 0.3) is 0 Å². The van der Waals surface area contributed by atoms with Crippen molar-refractivity contribution in [1.82, 2.24) is 9.97 Å². The largest absolute Gasteiger partial charge is 0.480 e. The lowest BCUT2D eigenvalue weighted by Gasteiger charge is -2.35. The second-order valence-electron chi connectivity index (χ2n) is 9.99. The molecule has 0 aliphatic carbocycles. The van der Waals surface area contributed by atoms with Gasteiger partial charge in [0.2, 0.25) is 0 Å². The number of hydrogen-bond acceptors (Lipinski definition) is 5. The van der Waals surface area contributed by atoms with Gasteiger partial charge < -0.3 is 25.5 Å². The molecule has 0 spiro atoms. The lowest BCUT2D eigenvalue weighted by Crippen LogP contribution is -2.59. The molecule has 3 atom stereocenters. The van der Waals surface area contributed by atoms with Gasteiger partial charge in [-0.2, -0.15) is 0 Å². The van der Waals surface area contributed by atoms with Gasteiger partial charge in [0.15, 0.2) is 11.3 Å². The van der Waals surface area contributed by atoms with Crippen molar-refractivity contribution in [2.24, 2.45) is 11.7 Å². The molecule has 0 saturated heterocycles. The highest BCUT2D eigenvalue weighted by atomic mass is 16.5. The molecule has 2 aromatic heterocycles. The maximum absolute atomic E-state index is 12.8. The van der Waals surface area contributed by atoms with Crippen molar-refractivity contribution < 1.29 is 24.2 Å². The zero-order chi connectivity index (χ0) is 27.1. The fraction of sp³-hybridized carbons (Fsp3) is 0.345. The minimum Gasteiger partial charge on any atom is -0.480 e. The van der Waals surface area contributed by atoms with E-state index in [9.17, 15) is 19.5 Å². The first-order chi connectivity index (χ1) is 17.5. The van der Waals surface area contributed by atoms with Crippen molar-refractivity contribution in [2.75, 3.05) is 7.11 Å². The minimum atomic E-state index is -2.12. The number of carbonyl (C=O) groups is 3. The third-order valence-corrected chi connectivity index (χ3v) is 7.44. The van der Waals surface area contributed by atoms with E-state index in [1.807, 2.05) is 69.3 Å². The molecule has 8 nitrogen and oxygen atoms in total. The Bertz CT molecular complexity index is 1480. The summed E-state index contributed by atoms with van der Waals surface area (Å²) < 4.78 is 4.97. The van der Waals surface area contributed by atoms with Gasteiger partial charge in [-0.3, -0.25) is 9.59 Å². The summed E-state index contributed by atoms with van der Waals surface area (Å²) in [6.07, 6.45) is 0.0761. The van der Waals surface area contributed by atoms with E-state index in [-0.39, 0.29) is 24.2 Å². The number of para-hydroxylation sites is 2. The van der Waals surface area contributed by atoms with Gasteiger partial charge in [0.05, 0.1) is 13.5 Å². The van der Waals surface area contributed by atoms with Crippen molar-refractivity contribution in [3.8, 4) is 0 Å². The van der Waals surface area contributed by atoms with Gasteiger partial charge in [0, 0.05) is 45.0 Å². The Morgan fingerprint density at radius 1 is 0.946 bits per heavy atom. The topological polar surface area (TPSA) is 138 Å². The van der Waals surface area contributed by atoms with E-state index in [1.165, 1.54) is 14.0 Å². The quantitative estimate of drug-likeness (QED) is 0.194. The van der Waals surface area contributed by atoms with Crippen LogP contribution in [0.5, 0.6) is 0 Å². The van der Waals surface area contributed by atoms with E-state index < -0.39 is 23.2 Å². The number of rotatable bonds is 9. The van der Waals surface area contributed by atoms with E-state index in [0.717, 1.165) is 38.8 Å². The number of methoxy groups -OCH3 is 1. The molecule has 37 heavy (non-hydrogen) atoms. The first kappa shape index (κ1) is 26.2. The fourth-order valence-corrected chi connectivity index (χ4v) is 5.59. The van der Waals surface area contributed by atoms with Crippen LogP contribution in [0.2, 0.25) is 0 Å². The average Bonchev–Trinajstić information content (AvgIpc) is 3.42. The Labute approximate surface area is 215 Å². The van der Waals surface area contributed by atoms with Crippen LogP contribution in [0, 0.1) is 5.92 Å². The van der Waals surface area contributed by atoms with Crippen molar-refractivity contribution in [3.63, 3.8) is 0 Å². The summed E-state index contributed by atoms with van der Waals surface area (Å²) in [6.45, 7) is 6.97. The molecule has 0 saturated carbocycles. The number of H-pyrrole nitrogens is 2. The summed E-state index contributed by atoms with van der Waals surface area (Å²) >= 11 is 0. The van der Waals surface area contributed by atoms with Gasteiger partial charge in [-0.05, 0) is 36.1 Å². The number of carbonyl (C=O) groups excluding carboxylic acids is 2. The molecule has 0 amide bonds. The predicted octanol–water partition coefficient (Wildman–Crippen LogP) is 4.63. The monoisotopic (exact) mass is 503 g/mol. The Kier molecular flexibility index (Phi) is 6.97.